The molecule has 0 unspecified atom stereocenters. The highest BCUT2D eigenvalue weighted by Gasteiger charge is 2.27. The second-order valence-corrected chi connectivity index (χ2v) is 8.04. The number of aliphatic carboxylic acids is 1. The minimum atomic E-state index is -0.972. The fourth-order valence-electron chi connectivity index (χ4n) is 3.46. The molecule has 0 bridgehead atoms. The van der Waals surface area contributed by atoms with E-state index in [1.54, 1.807) is 12.1 Å². The Morgan fingerprint density at radius 3 is 2.75 bits per heavy atom. The van der Waals surface area contributed by atoms with Crippen LogP contribution in [-0.4, -0.2) is 23.5 Å². The summed E-state index contributed by atoms with van der Waals surface area (Å²) in [6, 6.07) is 9.64. The first-order chi connectivity index (χ1) is 13.2. The summed E-state index contributed by atoms with van der Waals surface area (Å²) in [4.78, 5) is 25.2. The highest BCUT2D eigenvalue weighted by Crippen LogP contribution is 2.32. The molecule has 0 saturated heterocycles. The highest BCUT2D eigenvalue weighted by molar-refractivity contribution is 6.34. The molecule has 2 aromatic carbocycles. The first kappa shape index (κ1) is 20.1. The van der Waals surface area contributed by atoms with Crippen molar-refractivity contribution in [2.24, 2.45) is 5.41 Å². The van der Waals surface area contributed by atoms with Gasteiger partial charge in [-0.1, -0.05) is 43.7 Å². The van der Waals surface area contributed by atoms with Gasteiger partial charge in [-0.3, -0.25) is 4.79 Å². The van der Waals surface area contributed by atoms with E-state index in [0.29, 0.717) is 35.7 Å². The monoisotopic (exact) mass is 401 g/mol. The van der Waals surface area contributed by atoms with Crippen molar-refractivity contribution >= 4 is 29.2 Å². The number of halogens is 2. The normalized spacial score (nSPS) is 14.4. The Morgan fingerprint density at radius 2 is 2.04 bits per heavy atom. The van der Waals surface area contributed by atoms with Gasteiger partial charge in [-0.2, -0.15) is 0 Å². The van der Waals surface area contributed by atoms with Crippen LogP contribution in [0.4, 0.5) is 10.1 Å². The van der Waals surface area contributed by atoms with Crippen LogP contribution in [0.15, 0.2) is 48.6 Å². The number of rotatable bonds is 5. The van der Waals surface area contributed by atoms with Crippen LogP contribution in [0.25, 0.3) is 0 Å². The van der Waals surface area contributed by atoms with Gasteiger partial charge in [0.1, 0.15) is 5.82 Å². The molecule has 0 saturated carbocycles. The molecule has 0 aromatic heterocycles. The van der Waals surface area contributed by atoms with Gasteiger partial charge >= 0.3 is 5.97 Å². The van der Waals surface area contributed by atoms with Crippen molar-refractivity contribution in [3.05, 3.63) is 76.1 Å². The van der Waals surface area contributed by atoms with Crippen molar-refractivity contribution in [2.45, 2.75) is 26.7 Å². The molecule has 28 heavy (non-hydrogen) atoms. The molecule has 2 aromatic rings. The molecule has 1 aliphatic heterocycles. The van der Waals surface area contributed by atoms with Gasteiger partial charge in [0, 0.05) is 18.2 Å². The third kappa shape index (κ3) is 4.42. The number of amides is 1. The molecule has 6 heteroatoms. The molecule has 1 aliphatic rings. The Kier molecular flexibility index (Phi) is 5.57. The summed E-state index contributed by atoms with van der Waals surface area (Å²) in [6.45, 7) is 4.34. The molecular formula is C22H21ClFNO3. The van der Waals surface area contributed by atoms with Gasteiger partial charge in [0.2, 0.25) is 0 Å². The average Bonchev–Trinajstić information content (AvgIpc) is 2.62. The Balaban J connectivity index is 1.84. The van der Waals surface area contributed by atoms with E-state index in [1.807, 2.05) is 26.0 Å². The number of carbonyl (C=O) groups is 2. The predicted molar refractivity (Wildman–Crippen MR) is 107 cm³/mol. The number of hydrogen-bond acceptors (Lipinski definition) is 2. The van der Waals surface area contributed by atoms with Crippen molar-refractivity contribution < 1.29 is 19.1 Å². The van der Waals surface area contributed by atoms with Crippen LogP contribution in [0.3, 0.4) is 0 Å². The molecule has 146 valence electrons. The van der Waals surface area contributed by atoms with Crippen molar-refractivity contribution in [3.8, 4) is 0 Å². The van der Waals surface area contributed by atoms with Gasteiger partial charge in [-0.25, -0.2) is 9.18 Å². The summed E-state index contributed by atoms with van der Waals surface area (Å²) >= 11 is 6.16. The Morgan fingerprint density at radius 1 is 1.29 bits per heavy atom. The number of carbonyl (C=O) groups excluding carboxylic acids is 1. The highest BCUT2D eigenvalue weighted by atomic mass is 35.5. The van der Waals surface area contributed by atoms with Crippen molar-refractivity contribution in [1.82, 2.24) is 0 Å². The number of allylic oxidation sites excluding steroid dienone is 1. The van der Waals surface area contributed by atoms with E-state index < -0.39 is 11.8 Å². The zero-order chi connectivity index (χ0) is 20.5. The Labute approximate surface area is 168 Å². The maximum absolute atomic E-state index is 13.6. The molecule has 0 fully saturated rings. The lowest BCUT2D eigenvalue weighted by molar-refractivity contribution is -0.131. The van der Waals surface area contributed by atoms with E-state index in [9.17, 15) is 14.0 Å². The maximum Gasteiger partial charge on any atom is 0.327 e. The van der Waals surface area contributed by atoms with Gasteiger partial charge < -0.3 is 10.0 Å². The molecule has 0 atom stereocenters. The van der Waals surface area contributed by atoms with E-state index in [-0.39, 0.29) is 11.3 Å². The van der Waals surface area contributed by atoms with Crippen LogP contribution in [0.1, 0.15) is 35.3 Å². The minimum Gasteiger partial charge on any atom is -0.478 e. The first-order valence-electron chi connectivity index (χ1n) is 8.97. The maximum atomic E-state index is 13.6. The van der Waals surface area contributed by atoms with Crippen LogP contribution in [0.5, 0.6) is 0 Å². The molecule has 1 N–H and O–H groups in total. The number of carboxylic acid groups (broad SMARTS) is 1. The van der Waals surface area contributed by atoms with Crippen molar-refractivity contribution in [1.29, 1.82) is 0 Å². The quantitative estimate of drug-likeness (QED) is 0.725. The van der Waals surface area contributed by atoms with Crippen LogP contribution in [-0.2, 0) is 17.6 Å². The SMILES string of the molecule is CC(C)(/C=C/C(=O)O)Cc1ccc2c(c1)CCN(c1cc(F)ccc1Cl)C2=O. The number of benzene rings is 2. The second-order valence-electron chi connectivity index (χ2n) is 7.63. The van der Waals surface area contributed by atoms with Crippen molar-refractivity contribution in [3.63, 3.8) is 0 Å². The number of nitrogens with zero attached hydrogens (tertiary/aromatic N) is 1. The standard InChI is InChI=1S/C22H21ClFNO3/c1-22(2,9-7-20(26)27)13-14-3-5-17-15(11-14)8-10-25(21(17)28)19-12-16(24)4-6-18(19)23/h3-7,9,11-12H,8,10,13H2,1-2H3,(H,26,27)/b9-7+. The van der Waals surface area contributed by atoms with Gasteiger partial charge in [0.25, 0.3) is 5.91 Å². The summed E-state index contributed by atoms with van der Waals surface area (Å²) < 4.78 is 13.6. The summed E-state index contributed by atoms with van der Waals surface area (Å²) in [5.41, 5.74) is 2.59. The number of fused-ring (bicyclic) bond motifs is 1. The zero-order valence-corrected chi connectivity index (χ0v) is 16.5. The van der Waals surface area contributed by atoms with Gasteiger partial charge in [0.15, 0.2) is 0 Å². The topological polar surface area (TPSA) is 57.6 Å². The third-order valence-electron chi connectivity index (χ3n) is 4.79. The number of hydrogen-bond donors (Lipinski definition) is 1. The molecule has 1 heterocycles. The molecule has 3 rings (SSSR count). The average molecular weight is 402 g/mol. The smallest absolute Gasteiger partial charge is 0.327 e. The lowest BCUT2D eigenvalue weighted by Gasteiger charge is -2.30. The fraction of sp³-hybridized carbons (Fsp3) is 0.273. The summed E-state index contributed by atoms with van der Waals surface area (Å²) in [5, 5.41) is 9.16. The van der Waals surface area contributed by atoms with E-state index in [2.05, 4.69) is 0 Å². The van der Waals surface area contributed by atoms with Gasteiger partial charge in [-0.05, 0) is 53.6 Å². The zero-order valence-electron chi connectivity index (χ0n) is 15.7. The largest absolute Gasteiger partial charge is 0.478 e. The lowest BCUT2D eigenvalue weighted by Crippen LogP contribution is -2.38. The van der Waals surface area contributed by atoms with Crippen LogP contribution < -0.4 is 4.90 Å². The van der Waals surface area contributed by atoms with Crippen LogP contribution >= 0.6 is 11.6 Å². The summed E-state index contributed by atoms with van der Waals surface area (Å²) in [5.74, 6) is -1.62. The number of anilines is 1. The Hall–Kier alpha value is -2.66. The van der Waals surface area contributed by atoms with Crippen molar-refractivity contribution in [2.75, 3.05) is 11.4 Å². The molecule has 0 radical (unpaired) electrons. The number of carboxylic acids is 1. The third-order valence-corrected chi connectivity index (χ3v) is 5.11. The molecule has 4 nitrogen and oxygen atoms in total. The lowest BCUT2D eigenvalue weighted by atomic mass is 9.84. The summed E-state index contributed by atoms with van der Waals surface area (Å²) in [6.07, 6.45) is 4.11. The van der Waals surface area contributed by atoms with E-state index in [0.717, 1.165) is 17.2 Å². The van der Waals surface area contributed by atoms with Gasteiger partial charge in [0.05, 0.1) is 10.7 Å². The van der Waals surface area contributed by atoms with E-state index >= 15 is 0 Å². The Bertz CT molecular complexity index is 968. The molecule has 1 amide bonds. The minimum absolute atomic E-state index is 0.203. The second kappa shape index (κ2) is 7.76. The van der Waals surface area contributed by atoms with Crippen LogP contribution in [0.2, 0.25) is 5.02 Å². The fourth-order valence-corrected chi connectivity index (χ4v) is 3.68. The van der Waals surface area contributed by atoms with E-state index in [1.165, 1.54) is 23.1 Å². The van der Waals surface area contributed by atoms with E-state index in [4.69, 9.17) is 16.7 Å². The predicted octanol–water partition coefficient (Wildman–Crippen LogP) is 4.89. The molecular weight excluding hydrogens is 381 g/mol. The molecule has 0 spiro atoms. The first-order valence-corrected chi connectivity index (χ1v) is 9.35. The summed E-state index contributed by atoms with van der Waals surface area (Å²) in [7, 11) is 0. The van der Waals surface area contributed by atoms with Gasteiger partial charge in [-0.15, -0.1) is 0 Å². The van der Waals surface area contributed by atoms with Crippen LogP contribution in [0, 0.1) is 11.2 Å². The molecule has 0 aliphatic carbocycles.